The third-order valence-corrected chi connectivity index (χ3v) is 4.73. The van der Waals surface area contributed by atoms with Crippen molar-refractivity contribution < 1.29 is 27.8 Å². The number of allylic oxidation sites excluding steroid dienone is 2. The summed E-state index contributed by atoms with van der Waals surface area (Å²) in [5, 5.41) is 0. The SMILES string of the molecule is CCOC(=O)C1=C(N)OC2=C(C(=O)CC(C)(C)C2)[C@H]1c1ccc(F)c(F)c1. The molecule has 7 heteroatoms. The van der Waals surface area contributed by atoms with E-state index in [2.05, 4.69) is 0 Å². The van der Waals surface area contributed by atoms with Crippen molar-refractivity contribution in [3.63, 3.8) is 0 Å². The summed E-state index contributed by atoms with van der Waals surface area (Å²) in [4.78, 5) is 25.4. The molecule has 1 aromatic rings. The fourth-order valence-corrected chi connectivity index (χ4v) is 3.62. The average Bonchev–Trinajstić information content (AvgIpc) is 2.55. The lowest BCUT2D eigenvalue weighted by molar-refractivity contribution is -0.139. The van der Waals surface area contributed by atoms with Crippen molar-refractivity contribution in [1.82, 2.24) is 0 Å². The second kappa shape index (κ2) is 6.79. The Morgan fingerprint density at radius 1 is 1.30 bits per heavy atom. The minimum Gasteiger partial charge on any atom is -0.462 e. The fraction of sp³-hybridized carbons (Fsp3) is 0.400. The largest absolute Gasteiger partial charge is 0.462 e. The highest BCUT2D eigenvalue weighted by molar-refractivity contribution is 6.03. The second-order valence-electron chi connectivity index (χ2n) is 7.48. The Bertz CT molecular complexity index is 886. The van der Waals surface area contributed by atoms with Gasteiger partial charge >= 0.3 is 5.97 Å². The minimum atomic E-state index is -1.08. The molecule has 0 saturated carbocycles. The maximum absolute atomic E-state index is 13.9. The zero-order chi connectivity index (χ0) is 19.9. The summed E-state index contributed by atoms with van der Waals surface area (Å²) >= 11 is 0. The summed E-state index contributed by atoms with van der Waals surface area (Å²) in [6.45, 7) is 5.56. The van der Waals surface area contributed by atoms with E-state index >= 15 is 0 Å². The van der Waals surface area contributed by atoms with Crippen molar-refractivity contribution in [2.75, 3.05) is 6.61 Å². The molecule has 3 rings (SSSR count). The van der Waals surface area contributed by atoms with Gasteiger partial charge in [-0.05, 0) is 30.0 Å². The third kappa shape index (κ3) is 3.46. The second-order valence-corrected chi connectivity index (χ2v) is 7.48. The summed E-state index contributed by atoms with van der Waals surface area (Å²) in [5.74, 6) is -3.87. The van der Waals surface area contributed by atoms with Crippen LogP contribution in [0.25, 0.3) is 0 Å². The molecule has 2 aliphatic rings. The number of Topliss-reactive ketones (excluding diaryl/α,β-unsaturated/α-hetero) is 1. The monoisotopic (exact) mass is 377 g/mol. The summed E-state index contributed by atoms with van der Waals surface area (Å²) in [5.41, 5.74) is 6.07. The Morgan fingerprint density at radius 3 is 2.63 bits per heavy atom. The average molecular weight is 377 g/mol. The van der Waals surface area contributed by atoms with Gasteiger partial charge in [-0.25, -0.2) is 13.6 Å². The predicted molar refractivity (Wildman–Crippen MR) is 93.1 cm³/mol. The normalized spacial score (nSPS) is 21.7. The summed E-state index contributed by atoms with van der Waals surface area (Å²) in [6.07, 6.45) is 0.677. The number of esters is 1. The highest BCUT2D eigenvalue weighted by Crippen LogP contribution is 2.48. The molecular weight excluding hydrogens is 356 g/mol. The first-order valence-electron chi connectivity index (χ1n) is 8.70. The molecule has 144 valence electrons. The number of carbonyl (C=O) groups is 2. The highest BCUT2D eigenvalue weighted by atomic mass is 19.2. The van der Waals surface area contributed by atoms with Gasteiger partial charge in [0.25, 0.3) is 0 Å². The van der Waals surface area contributed by atoms with Gasteiger partial charge in [0.15, 0.2) is 17.4 Å². The van der Waals surface area contributed by atoms with Crippen LogP contribution in [0, 0.1) is 17.0 Å². The Morgan fingerprint density at radius 2 is 2.00 bits per heavy atom. The molecule has 0 bridgehead atoms. The van der Waals surface area contributed by atoms with Crippen LogP contribution in [0.1, 0.15) is 45.1 Å². The molecule has 2 N–H and O–H groups in total. The maximum Gasteiger partial charge on any atom is 0.340 e. The van der Waals surface area contributed by atoms with Gasteiger partial charge < -0.3 is 15.2 Å². The zero-order valence-corrected chi connectivity index (χ0v) is 15.4. The smallest absolute Gasteiger partial charge is 0.340 e. The van der Waals surface area contributed by atoms with Crippen LogP contribution in [0.2, 0.25) is 0 Å². The zero-order valence-electron chi connectivity index (χ0n) is 15.4. The molecule has 0 spiro atoms. The van der Waals surface area contributed by atoms with Crippen molar-refractivity contribution >= 4 is 11.8 Å². The van der Waals surface area contributed by atoms with Gasteiger partial charge in [-0.2, -0.15) is 0 Å². The van der Waals surface area contributed by atoms with Crippen LogP contribution < -0.4 is 5.73 Å². The van der Waals surface area contributed by atoms with Crippen LogP contribution in [-0.4, -0.2) is 18.4 Å². The molecule has 0 saturated heterocycles. The summed E-state index contributed by atoms with van der Waals surface area (Å²) in [6, 6.07) is 3.25. The van der Waals surface area contributed by atoms with Gasteiger partial charge in [-0.15, -0.1) is 0 Å². The van der Waals surface area contributed by atoms with Crippen LogP contribution >= 0.6 is 0 Å². The molecule has 1 aliphatic heterocycles. The highest BCUT2D eigenvalue weighted by Gasteiger charge is 2.45. The first kappa shape index (κ1) is 19.1. The third-order valence-electron chi connectivity index (χ3n) is 4.73. The summed E-state index contributed by atoms with van der Waals surface area (Å²) in [7, 11) is 0. The standard InChI is InChI=1S/C20H21F2NO4/c1-4-26-19(25)17-15(10-5-6-11(21)12(22)7-10)16-13(24)8-20(2,3)9-14(16)27-18(17)23/h5-7,15H,4,8-9,23H2,1-3H3/t15-/m1/s1. The van der Waals surface area contributed by atoms with E-state index in [0.29, 0.717) is 12.2 Å². The molecule has 0 fully saturated rings. The number of ketones is 1. The van der Waals surface area contributed by atoms with E-state index < -0.39 is 23.5 Å². The molecular formula is C20H21F2NO4. The van der Waals surface area contributed by atoms with Crippen molar-refractivity contribution in [2.45, 2.75) is 39.5 Å². The van der Waals surface area contributed by atoms with Crippen molar-refractivity contribution in [3.8, 4) is 0 Å². The number of nitrogens with two attached hydrogens (primary N) is 1. The lowest BCUT2D eigenvalue weighted by Gasteiger charge is -2.37. The molecule has 0 aromatic heterocycles. The van der Waals surface area contributed by atoms with Crippen LogP contribution in [-0.2, 0) is 19.1 Å². The van der Waals surface area contributed by atoms with Gasteiger partial charge in [-0.1, -0.05) is 19.9 Å². The van der Waals surface area contributed by atoms with Gasteiger partial charge in [-0.3, -0.25) is 4.79 Å². The Balaban J connectivity index is 2.20. The van der Waals surface area contributed by atoms with E-state index in [1.165, 1.54) is 6.07 Å². The van der Waals surface area contributed by atoms with Crippen molar-refractivity contribution in [1.29, 1.82) is 0 Å². The predicted octanol–water partition coefficient (Wildman–Crippen LogP) is 3.46. The van der Waals surface area contributed by atoms with Crippen LogP contribution in [0.4, 0.5) is 8.78 Å². The molecule has 0 amide bonds. The Hall–Kier alpha value is -2.70. The molecule has 1 atom stereocenters. The van der Waals surface area contributed by atoms with Gasteiger partial charge in [0.1, 0.15) is 11.3 Å². The van der Waals surface area contributed by atoms with E-state index in [9.17, 15) is 18.4 Å². The first-order chi connectivity index (χ1) is 12.6. The molecule has 1 aromatic carbocycles. The van der Waals surface area contributed by atoms with Gasteiger partial charge in [0.05, 0.1) is 12.5 Å². The van der Waals surface area contributed by atoms with E-state index in [1.807, 2.05) is 13.8 Å². The lowest BCUT2D eigenvalue weighted by atomic mass is 9.70. The first-order valence-corrected chi connectivity index (χ1v) is 8.70. The van der Waals surface area contributed by atoms with E-state index in [0.717, 1.165) is 12.1 Å². The topological polar surface area (TPSA) is 78.6 Å². The number of benzene rings is 1. The lowest BCUT2D eigenvalue weighted by Crippen LogP contribution is -2.35. The molecule has 1 aliphatic carbocycles. The fourth-order valence-electron chi connectivity index (χ4n) is 3.62. The minimum absolute atomic E-state index is 0.0744. The van der Waals surface area contributed by atoms with E-state index in [1.54, 1.807) is 6.92 Å². The van der Waals surface area contributed by atoms with Crippen LogP contribution in [0.5, 0.6) is 0 Å². The van der Waals surface area contributed by atoms with Crippen molar-refractivity contribution in [2.24, 2.45) is 11.1 Å². The van der Waals surface area contributed by atoms with E-state index in [-0.39, 0.29) is 46.8 Å². The molecule has 27 heavy (non-hydrogen) atoms. The Labute approximate surface area is 155 Å². The molecule has 5 nitrogen and oxygen atoms in total. The number of halogens is 2. The quantitative estimate of drug-likeness (QED) is 0.816. The number of rotatable bonds is 3. The number of ether oxygens (including phenoxy) is 2. The van der Waals surface area contributed by atoms with Crippen LogP contribution in [0.15, 0.2) is 41.0 Å². The molecule has 0 radical (unpaired) electrons. The Kier molecular flexibility index (Phi) is 4.80. The van der Waals surface area contributed by atoms with Gasteiger partial charge in [0.2, 0.25) is 5.88 Å². The maximum atomic E-state index is 13.9. The van der Waals surface area contributed by atoms with Gasteiger partial charge in [0, 0.05) is 18.4 Å². The van der Waals surface area contributed by atoms with Crippen molar-refractivity contribution in [3.05, 3.63) is 58.2 Å². The molecule has 1 heterocycles. The van der Waals surface area contributed by atoms with E-state index in [4.69, 9.17) is 15.2 Å². The number of carbonyl (C=O) groups excluding carboxylic acids is 2. The number of hydrogen-bond acceptors (Lipinski definition) is 5. The molecule has 0 unspecified atom stereocenters. The summed E-state index contributed by atoms with van der Waals surface area (Å²) < 4.78 is 38.0. The number of hydrogen-bond donors (Lipinski definition) is 1. The van der Waals surface area contributed by atoms with Crippen LogP contribution in [0.3, 0.4) is 0 Å².